The molecule has 0 bridgehead atoms. The molecule has 0 unspecified atom stereocenters. The number of nitro benzene ring substituents is 1. The molecule has 0 aliphatic carbocycles. The van der Waals surface area contributed by atoms with Gasteiger partial charge in [0.2, 0.25) is 0 Å². The average Bonchev–Trinajstić information content (AvgIpc) is 2.14. The van der Waals surface area contributed by atoms with Crippen LogP contribution in [0.5, 0.6) is 0 Å². The number of alkyl halides is 3. The van der Waals surface area contributed by atoms with Crippen LogP contribution in [0, 0.1) is 10.1 Å². The predicted molar refractivity (Wildman–Crippen MR) is 46.4 cm³/mol. The van der Waals surface area contributed by atoms with Crippen LogP contribution in [0.25, 0.3) is 0 Å². The lowest BCUT2D eigenvalue weighted by Crippen LogP contribution is -2.07. The second-order valence-electron chi connectivity index (χ2n) is 2.91. The Kier molecular flexibility index (Phi) is 3.10. The van der Waals surface area contributed by atoms with Gasteiger partial charge in [0.15, 0.2) is 0 Å². The Bertz CT molecular complexity index is 566. The molecular formula is C7H3F4NO4S. The molecule has 10 heteroatoms. The molecule has 5 nitrogen and oxygen atoms in total. The monoisotopic (exact) mass is 273 g/mol. The predicted octanol–water partition coefficient (Wildman–Crippen LogP) is 2.27. The van der Waals surface area contributed by atoms with E-state index in [1.54, 1.807) is 0 Å². The first kappa shape index (κ1) is 13.4. The van der Waals surface area contributed by atoms with E-state index in [1.165, 1.54) is 0 Å². The summed E-state index contributed by atoms with van der Waals surface area (Å²) in [6.07, 6.45) is -5.01. The summed E-state index contributed by atoms with van der Waals surface area (Å²) in [6.45, 7) is 0. The zero-order valence-electron chi connectivity index (χ0n) is 7.73. The van der Waals surface area contributed by atoms with E-state index in [0.717, 1.165) is 0 Å². The summed E-state index contributed by atoms with van der Waals surface area (Å²) in [5.74, 6) is 0. The summed E-state index contributed by atoms with van der Waals surface area (Å²) in [7, 11) is -5.45. The fourth-order valence-electron chi connectivity index (χ4n) is 0.993. The Labute approximate surface area is 92.0 Å². The lowest BCUT2D eigenvalue weighted by molar-refractivity contribution is -0.385. The van der Waals surface area contributed by atoms with Gasteiger partial charge in [-0.2, -0.15) is 21.6 Å². The summed E-state index contributed by atoms with van der Waals surface area (Å²) in [5.41, 5.74) is -2.76. The van der Waals surface area contributed by atoms with Gasteiger partial charge in [0.1, 0.15) is 4.90 Å². The van der Waals surface area contributed by atoms with Crippen molar-refractivity contribution in [3.05, 3.63) is 33.9 Å². The molecule has 0 spiro atoms. The Morgan fingerprint density at radius 3 is 2.06 bits per heavy atom. The van der Waals surface area contributed by atoms with Crippen molar-refractivity contribution in [1.29, 1.82) is 0 Å². The maximum atomic E-state index is 12.5. The number of hydrogen-bond donors (Lipinski definition) is 0. The van der Waals surface area contributed by atoms with E-state index in [0.29, 0.717) is 0 Å². The van der Waals surface area contributed by atoms with Crippen molar-refractivity contribution in [2.24, 2.45) is 0 Å². The van der Waals surface area contributed by atoms with Gasteiger partial charge in [-0.05, 0) is 6.07 Å². The zero-order chi connectivity index (χ0) is 13.4. The topological polar surface area (TPSA) is 77.3 Å². The van der Waals surface area contributed by atoms with Gasteiger partial charge in [-0.15, -0.1) is 3.89 Å². The standard InChI is InChI=1S/C7H3F4NO4S/c8-7(9,10)4-1-5(12(13)14)3-6(2-4)17(11,15)16/h1-3H. The highest BCUT2D eigenvalue weighted by Gasteiger charge is 2.34. The Hall–Kier alpha value is -1.71. The molecule has 0 N–H and O–H groups in total. The molecule has 1 aromatic rings. The molecule has 17 heavy (non-hydrogen) atoms. The highest BCUT2D eigenvalue weighted by atomic mass is 32.3. The summed E-state index contributed by atoms with van der Waals surface area (Å²) < 4.78 is 70.2. The summed E-state index contributed by atoms with van der Waals surface area (Å²) >= 11 is 0. The number of benzene rings is 1. The molecule has 0 heterocycles. The van der Waals surface area contributed by atoms with Crippen LogP contribution in [0.4, 0.5) is 22.7 Å². The molecular weight excluding hydrogens is 270 g/mol. The van der Waals surface area contributed by atoms with Crippen molar-refractivity contribution < 1.29 is 30.4 Å². The normalized spacial score (nSPS) is 12.5. The number of rotatable bonds is 2. The van der Waals surface area contributed by atoms with Crippen molar-refractivity contribution in [3.8, 4) is 0 Å². The first-order valence-electron chi connectivity index (χ1n) is 3.83. The van der Waals surface area contributed by atoms with Crippen LogP contribution in [0.2, 0.25) is 0 Å². The van der Waals surface area contributed by atoms with Crippen LogP contribution < -0.4 is 0 Å². The van der Waals surface area contributed by atoms with E-state index in [2.05, 4.69) is 0 Å². The van der Waals surface area contributed by atoms with Crippen molar-refractivity contribution in [2.75, 3.05) is 0 Å². The van der Waals surface area contributed by atoms with E-state index in [4.69, 9.17) is 0 Å². The molecule has 1 aromatic carbocycles. The van der Waals surface area contributed by atoms with Gasteiger partial charge in [-0.25, -0.2) is 0 Å². The molecule has 1 rings (SSSR count). The number of nitro groups is 1. The van der Waals surface area contributed by atoms with Crippen LogP contribution >= 0.6 is 0 Å². The van der Waals surface area contributed by atoms with Gasteiger partial charge in [-0.3, -0.25) is 10.1 Å². The smallest absolute Gasteiger partial charge is 0.258 e. The lowest BCUT2D eigenvalue weighted by atomic mass is 10.2. The number of non-ortho nitro benzene ring substituents is 1. The van der Waals surface area contributed by atoms with E-state index in [9.17, 15) is 35.6 Å². The fraction of sp³-hybridized carbons (Fsp3) is 0.143. The minimum absolute atomic E-state index is 0.0116. The minimum Gasteiger partial charge on any atom is -0.258 e. The Morgan fingerprint density at radius 2 is 1.71 bits per heavy atom. The third-order valence-electron chi connectivity index (χ3n) is 1.71. The van der Waals surface area contributed by atoms with Crippen molar-refractivity contribution in [3.63, 3.8) is 0 Å². The van der Waals surface area contributed by atoms with Gasteiger partial charge in [-0.1, -0.05) is 0 Å². The zero-order valence-corrected chi connectivity index (χ0v) is 8.55. The molecule has 0 amide bonds. The molecule has 0 atom stereocenters. The molecule has 94 valence electrons. The Balaban J connectivity index is 3.56. The summed E-state index contributed by atoms with van der Waals surface area (Å²) in [4.78, 5) is 7.63. The van der Waals surface area contributed by atoms with Crippen LogP contribution in [-0.4, -0.2) is 13.3 Å². The van der Waals surface area contributed by atoms with E-state index >= 15 is 0 Å². The van der Waals surface area contributed by atoms with Gasteiger partial charge in [0, 0.05) is 12.1 Å². The largest absolute Gasteiger partial charge is 0.416 e. The van der Waals surface area contributed by atoms with Gasteiger partial charge >= 0.3 is 16.4 Å². The maximum Gasteiger partial charge on any atom is 0.416 e. The van der Waals surface area contributed by atoms with Crippen molar-refractivity contribution in [2.45, 2.75) is 11.1 Å². The second-order valence-corrected chi connectivity index (χ2v) is 4.26. The van der Waals surface area contributed by atoms with E-state index in [1.807, 2.05) is 0 Å². The second kappa shape index (κ2) is 3.95. The minimum atomic E-state index is -5.45. The fourth-order valence-corrected chi connectivity index (χ4v) is 1.52. The number of halogens is 4. The van der Waals surface area contributed by atoms with Gasteiger partial charge in [0.25, 0.3) is 5.69 Å². The SMILES string of the molecule is O=[N+]([O-])c1cc(C(F)(F)F)cc(S(=O)(=O)F)c1. The van der Waals surface area contributed by atoms with Crippen LogP contribution in [0.1, 0.15) is 5.56 Å². The lowest BCUT2D eigenvalue weighted by Gasteiger charge is -2.07. The van der Waals surface area contributed by atoms with Crippen LogP contribution in [-0.2, 0) is 16.4 Å². The summed E-state index contributed by atoms with van der Waals surface area (Å²) in [6, 6.07) is 0.321. The number of nitrogens with zero attached hydrogens (tertiary/aromatic N) is 1. The highest BCUT2D eigenvalue weighted by Crippen LogP contribution is 2.34. The van der Waals surface area contributed by atoms with Crippen molar-refractivity contribution >= 4 is 15.9 Å². The first-order valence-corrected chi connectivity index (χ1v) is 5.21. The quantitative estimate of drug-likeness (QED) is 0.358. The van der Waals surface area contributed by atoms with Gasteiger partial charge in [0.05, 0.1) is 10.5 Å². The number of hydrogen-bond acceptors (Lipinski definition) is 4. The van der Waals surface area contributed by atoms with Gasteiger partial charge < -0.3 is 0 Å². The molecule has 0 aliphatic heterocycles. The van der Waals surface area contributed by atoms with E-state index in [-0.39, 0.29) is 18.2 Å². The van der Waals surface area contributed by atoms with Crippen LogP contribution in [0.15, 0.2) is 23.1 Å². The Morgan fingerprint density at radius 1 is 1.18 bits per heavy atom. The maximum absolute atomic E-state index is 12.5. The van der Waals surface area contributed by atoms with E-state index < -0.39 is 37.5 Å². The molecule has 0 saturated heterocycles. The molecule has 0 radical (unpaired) electrons. The van der Waals surface area contributed by atoms with Crippen molar-refractivity contribution in [1.82, 2.24) is 0 Å². The molecule has 0 saturated carbocycles. The first-order chi connectivity index (χ1) is 7.51. The molecule has 0 aromatic heterocycles. The molecule has 0 fully saturated rings. The average molecular weight is 273 g/mol. The summed E-state index contributed by atoms with van der Waals surface area (Å²) in [5, 5.41) is 10.3. The third-order valence-corrected chi connectivity index (χ3v) is 2.51. The van der Waals surface area contributed by atoms with Crippen LogP contribution in [0.3, 0.4) is 0 Å². The highest BCUT2D eigenvalue weighted by molar-refractivity contribution is 7.86. The molecule has 0 aliphatic rings. The third kappa shape index (κ3) is 3.12.